The first-order valence-electron chi connectivity index (χ1n) is 20.7. The van der Waals surface area contributed by atoms with Gasteiger partial charge >= 0.3 is 13.8 Å². The van der Waals surface area contributed by atoms with Crippen molar-refractivity contribution in [1.82, 2.24) is 0 Å². The molecule has 0 rings (SSSR count). The average molecular weight is 718 g/mol. The molecule has 9 heteroatoms. The first-order valence-corrected chi connectivity index (χ1v) is 22.2. The minimum atomic E-state index is -4.28. The van der Waals surface area contributed by atoms with Gasteiger partial charge in [0, 0.05) is 13.0 Å². The predicted molar refractivity (Wildman–Crippen MR) is 206 cm³/mol. The van der Waals surface area contributed by atoms with Crippen LogP contribution in [-0.2, 0) is 27.9 Å². The van der Waals surface area contributed by atoms with Crippen molar-refractivity contribution in [3.8, 4) is 0 Å². The molecule has 2 atom stereocenters. The van der Waals surface area contributed by atoms with E-state index in [-0.39, 0.29) is 32.3 Å². The summed E-state index contributed by atoms with van der Waals surface area (Å²) >= 11 is 0. The van der Waals surface area contributed by atoms with Crippen molar-refractivity contribution >= 4 is 13.8 Å². The first kappa shape index (κ1) is 48.1. The molecule has 0 fully saturated rings. The highest BCUT2D eigenvalue weighted by Gasteiger charge is 2.25. The maximum atomic E-state index is 12.5. The van der Waals surface area contributed by atoms with Crippen LogP contribution in [0.1, 0.15) is 206 Å². The second-order valence-electron chi connectivity index (χ2n) is 13.9. The van der Waals surface area contributed by atoms with E-state index >= 15 is 0 Å². The molecule has 0 saturated heterocycles. The number of hydrogen-bond acceptors (Lipinski definition) is 7. The minimum absolute atomic E-state index is 0.0382. The molecule has 0 heterocycles. The lowest BCUT2D eigenvalue weighted by atomic mass is 10.0. The minimum Gasteiger partial charge on any atom is -0.498 e. The summed E-state index contributed by atoms with van der Waals surface area (Å²) in [5, 5.41) is 0. The van der Waals surface area contributed by atoms with Gasteiger partial charge in [-0.15, -0.1) is 0 Å². The Kier molecular flexibility index (Phi) is 37.6. The molecular formula is C40H80NO7P. The van der Waals surface area contributed by atoms with Gasteiger partial charge in [-0.25, -0.2) is 4.57 Å². The summed E-state index contributed by atoms with van der Waals surface area (Å²) in [6.07, 6.45) is 40.3. The van der Waals surface area contributed by atoms with Crippen LogP contribution < -0.4 is 5.73 Å². The number of hydrogen-bond donors (Lipinski definition) is 2. The molecule has 8 nitrogen and oxygen atoms in total. The molecule has 0 aliphatic carbocycles. The first-order chi connectivity index (χ1) is 23.9. The second-order valence-corrected chi connectivity index (χ2v) is 15.4. The van der Waals surface area contributed by atoms with Crippen molar-refractivity contribution in [1.29, 1.82) is 0 Å². The Morgan fingerprint density at radius 3 is 1.45 bits per heavy atom. The molecule has 0 aliphatic heterocycles. The van der Waals surface area contributed by atoms with Crippen LogP contribution in [0.2, 0.25) is 0 Å². The number of phosphoric acid groups is 1. The van der Waals surface area contributed by atoms with E-state index in [1.54, 1.807) is 6.26 Å². The normalized spacial score (nSPS) is 13.6. The van der Waals surface area contributed by atoms with Crippen molar-refractivity contribution < 1.29 is 32.8 Å². The number of carbonyl (C=O) groups excluding carboxylic acids is 1. The molecule has 0 aromatic heterocycles. The molecular weight excluding hydrogens is 637 g/mol. The fourth-order valence-corrected chi connectivity index (χ4v) is 6.73. The third-order valence-corrected chi connectivity index (χ3v) is 10.0. The third-order valence-electron chi connectivity index (χ3n) is 9.03. The lowest BCUT2D eigenvalue weighted by Crippen LogP contribution is -2.27. The quantitative estimate of drug-likeness (QED) is 0.0278. The summed E-state index contributed by atoms with van der Waals surface area (Å²) in [4.78, 5) is 22.4. The Hall–Kier alpha value is -0.920. The fraction of sp³-hybridized carbons (Fsp3) is 0.925. The Bertz CT molecular complexity index is 767. The molecule has 0 radical (unpaired) electrons. The summed E-state index contributed by atoms with van der Waals surface area (Å²) in [5.41, 5.74) is 5.35. The van der Waals surface area contributed by atoms with Crippen LogP contribution in [-0.4, -0.2) is 43.3 Å². The van der Waals surface area contributed by atoms with Gasteiger partial charge in [0.2, 0.25) is 0 Å². The van der Waals surface area contributed by atoms with Gasteiger partial charge in [0.1, 0.15) is 6.61 Å². The Morgan fingerprint density at radius 1 is 0.612 bits per heavy atom. The van der Waals surface area contributed by atoms with Crippen LogP contribution in [0, 0.1) is 0 Å². The molecule has 0 spiro atoms. The van der Waals surface area contributed by atoms with Crippen LogP contribution in [0.15, 0.2) is 12.3 Å². The SMILES string of the molecule is CCCCCCCCCCCCCC/C=C\OC[C@H](COP(=O)(O)OCCN)OC(=O)CCCCCCCCCCCCCCCCCC. The van der Waals surface area contributed by atoms with Crippen molar-refractivity contribution in [2.24, 2.45) is 5.73 Å². The fourth-order valence-electron chi connectivity index (χ4n) is 5.96. The van der Waals surface area contributed by atoms with Gasteiger partial charge in [-0.1, -0.05) is 181 Å². The molecule has 0 saturated carbocycles. The van der Waals surface area contributed by atoms with Gasteiger partial charge in [0.05, 0.1) is 19.5 Å². The standard InChI is InChI=1S/C40H80NO7P/c1-3-5-7-9-11-13-15-17-19-20-21-23-25-27-29-31-33-40(42)48-39(38-47-49(43,44)46-36-34-41)37-45-35-32-30-28-26-24-22-18-16-14-12-10-8-6-4-2/h32,35,39H,3-31,33-34,36-38,41H2,1-2H3,(H,43,44)/b35-32-/t39-/m1/s1. The number of allylic oxidation sites excluding steroid dienone is 1. The summed E-state index contributed by atoms with van der Waals surface area (Å²) in [5.74, 6) is -0.348. The Morgan fingerprint density at radius 2 is 1.02 bits per heavy atom. The molecule has 0 aromatic carbocycles. The van der Waals surface area contributed by atoms with Gasteiger partial charge in [-0.2, -0.15) is 0 Å². The Labute approximate surface area is 303 Å². The number of phosphoric ester groups is 1. The molecule has 0 aromatic rings. The highest BCUT2D eigenvalue weighted by Crippen LogP contribution is 2.43. The highest BCUT2D eigenvalue weighted by atomic mass is 31.2. The number of unbranched alkanes of at least 4 members (excludes halogenated alkanes) is 27. The van der Waals surface area contributed by atoms with E-state index in [0.717, 1.165) is 32.1 Å². The van der Waals surface area contributed by atoms with Crippen molar-refractivity contribution in [2.45, 2.75) is 213 Å². The van der Waals surface area contributed by atoms with Crippen LogP contribution in [0.25, 0.3) is 0 Å². The molecule has 49 heavy (non-hydrogen) atoms. The smallest absolute Gasteiger partial charge is 0.472 e. The molecule has 1 unspecified atom stereocenters. The van der Waals surface area contributed by atoms with Crippen LogP contribution in [0.4, 0.5) is 0 Å². The van der Waals surface area contributed by atoms with E-state index in [4.69, 9.17) is 24.3 Å². The van der Waals surface area contributed by atoms with Gasteiger partial charge in [-0.05, 0) is 25.3 Å². The zero-order valence-electron chi connectivity index (χ0n) is 32.2. The van der Waals surface area contributed by atoms with Gasteiger partial charge in [0.15, 0.2) is 6.10 Å². The maximum absolute atomic E-state index is 12.5. The highest BCUT2D eigenvalue weighted by molar-refractivity contribution is 7.47. The van der Waals surface area contributed by atoms with E-state index in [2.05, 4.69) is 13.8 Å². The van der Waals surface area contributed by atoms with Crippen LogP contribution in [0.3, 0.4) is 0 Å². The molecule has 0 amide bonds. The number of nitrogens with two attached hydrogens (primary N) is 1. The molecule has 0 aliphatic rings. The van der Waals surface area contributed by atoms with Gasteiger partial charge in [-0.3, -0.25) is 13.8 Å². The molecule has 3 N–H and O–H groups in total. The largest absolute Gasteiger partial charge is 0.498 e. The van der Waals surface area contributed by atoms with E-state index in [1.165, 1.54) is 154 Å². The topological polar surface area (TPSA) is 117 Å². The van der Waals surface area contributed by atoms with E-state index in [9.17, 15) is 14.3 Å². The van der Waals surface area contributed by atoms with Crippen LogP contribution in [0.5, 0.6) is 0 Å². The number of ether oxygens (including phenoxy) is 2. The monoisotopic (exact) mass is 718 g/mol. The van der Waals surface area contributed by atoms with Crippen molar-refractivity contribution in [3.05, 3.63) is 12.3 Å². The van der Waals surface area contributed by atoms with Crippen LogP contribution >= 0.6 is 7.82 Å². The zero-order chi connectivity index (χ0) is 35.9. The average Bonchev–Trinajstić information content (AvgIpc) is 3.09. The summed E-state index contributed by atoms with van der Waals surface area (Å²) in [7, 11) is -4.28. The predicted octanol–water partition coefficient (Wildman–Crippen LogP) is 12.3. The van der Waals surface area contributed by atoms with E-state index in [1.807, 2.05) is 6.08 Å². The van der Waals surface area contributed by atoms with E-state index < -0.39 is 13.9 Å². The second kappa shape index (κ2) is 38.3. The summed E-state index contributed by atoms with van der Waals surface area (Å²) in [6.45, 7) is 4.27. The summed E-state index contributed by atoms with van der Waals surface area (Å²) in [6, 6.07) is 0. The zero-order valence-corrected chi connectivity index (χ0v) is 33.1. The molecule has 292 valence electrons. The Balaban J connectivity index is 4.06. The number of esters is 1. The lowest BCUT2D eigenvalue weighted by Gasteiger charge is -2.19. The lowest BCUT2D eigenvalue weighted by molar-refractivity contribution is -0.153. The number of rotatable bonds is 40. The third kappa shape index (κ3) is 38.1. The summed E-state index contributed by atoms with van der Waals surface area (Å²) < 4.78 is 33.1. The maximum Gasteiger partial charge on any atom is 0.472 e. The van der Waals surface area contributed by atoms with Gasteiger partial charge < -0.3 is 20.1 Å². The van der Waals surface area contributed by atoms with Crippen molar-refractivity contribution in [3.63, 3.8) is 0 Å². The van der Waals surface area contributed by atoms with Crippen molar-refractivity contribution in [2.75, 3.05) is 26.4 Å². The molecule has 0 bridgehead atoms. The number of carbonyl (C=O) groups is 1. The van der Waals surface area contributed by atoms with E-state index in [0.29, 0.717) is 6.42 Å². The van der Waals surface area contributed by atoms with Gasteiger partial charge in [0.25, 0.3) is 0 Å².